The van der Waals surface area contributed by atoms with Crippen LogP contribution in [0.1, 0.15) is 0 Å². The highest BCUT2D eigenvalue weighted by atomic mass is 35.5. The fourth-order valence-electron chi connectivity index (χ4n) is 0.892. The maximum Gasteiger partial charge on any atom is 0.328 e. The number of nitrogens with zero attached hydrogens (tertiary/aromatic N) is 1. The average molecular weight is 331 g/mol. The summed E-state index contributed by atoms with van der Waals surface area (Å²) in [6, 6.07) is -1.17. The number of carboxylic acids is 2. The molecule has 0 rings (SSSR count). The Hall–Kier alpha value is -1.38. The highest BCUT2D eigenvalue weighted by Gasteiger charge is 2.22. The van der Waals surface area contributed by atoms with E-state index in [1.54, 1.807) is 0 Å². The maximum atomic E-state index is 10.6. The van der Waals surface area contributed by atoms with Gasteiger partial charge in [0.2, 0.25) is 5.91 Å². The number of rotatable bonds is 7. The molecular weight excluding hydrogens is 315 g/mol. The second-order valence-corrected chi connectivity index (χ2v) is 3.97. The van der Waals surface area contributed by atoms with Crippen molar-refractivity contribution in [1.82, 2.24) is 10.2 Å². The monoisotopic (exact) mass is 330 g/mol. The van der Waals surface area contributed by atoms with Crippen LogP contribution in [0.4, 0.5) is 0 Å². The molecule has 0 aliphatic heterocycles. The van der Waals surface area contributed by atoms with Gasteiger partial charge in [-0.25, -0.2) is 0 Å². The van der Waals surface area contributed by atoms with Gasteiger partial charge < -0.3 is 20.4 Å². The van der Waals surface area contributed by atoms with Crippen molar-refractivity contribution in [2.75, 3.05) is 32.4 Å². The number of hydrogen-bond acceptors (Lipinski definition) is 5. The molecule has 0 aliphatic rings. The molecule has 0 aromatic rings. The fourth-order valence-corrected chi connectivity index (χ4v) is 1.25. The van der Waals surface area contributed by atoms with Crippen LogP contribution < -0.4 is 5.32 Å². The van der Waals surface area contributed by atoms with Crippen molar-refractivity contribution in [3.63, 3.8) is 0 Å². The molecule has 0 saturated carbocycles. The van der Waals surface area contributed by atoms with Crippen LogP contribution >= 0.6 is 23.2 Å². The molecule has 0 heterocycles. The number of carbonyl (C=O) groups is 4. The second-order valence-electron chi connectivity index (χ2n) is 3.44. The predicted molar refractivity (Wildman–Crippen MR) is 72.2 cm³/mol. The topological polar surface area (TPSA) is 124 Å². The van der Waals surface area contributed by atoms with E-state index in [0.29, 0.717) is 0 Å². The standard InChI is InChI=1S/2C5H8ClNO3/c1-7(3-5(9)10)4(8)2-6;1-7-4(5(9)10)3(8)2-6/h2-3H2,1H3,(H,9,10);4,7H,2H2,1H3,(H,9,10)/t;4-/m.0/s1. The number of alkyl halides is 2. The molecule has 8 nitrogen and oxygen atoms in total. The fraction of sp³-hybridized carbons (Fsp3) is 0.600. The minimum absolute atomic E-state index is 0.177. The van der Waals surface area contributed by atoms with E-state index in [0.717, 1.165) is 4.90 Å². The first-order chi connectivity index (χ1) is 9.20. The van der Waals surface area contributed by atoms with Crippen LogP contribution in [0.2, 0.25) is 0 Å². The molecular formula is C10H16Cl2N2O6. The average Bonchev–Trinajstić information content (AvgIpc) is 2.37. The summed E-state index contributed by atoms with van der Waals surface area (Å²) in [5.74, 6) is -3.61. The van der Waals surface area contributed by atoms with Crippen molar-refractivity contribution in [1.29, 1.82) is 0 Å². The Labute approximate surface area is 125 Å². The van der Waals surface area contributed by atoms with Crippen molar-refractivity contribution < 1.29 is 29.4 Å². The number of Topliss-reactive ketones (excluding diaryl/α,β-unsaturated/α-hetero) is 1. The molecule has 10 heteroatoms. The number of carboxylic acid groups (broad SMARTS) is 2. The van der Waals surface area contributed by atoms with Crippen molar-refractivity contribution in [2.24, 2.45) is 0 Å². The zero-order chi connectivity index (χ0) is 16.3. The molecule has 0 radical (unpaired) electrons. The van der Waals surface area contributed by atoms with Gasteiger partial charge in [-0.3, -0.25) is 19.2 Å². The lowest BCUT2D eigenvalue weighted by molar-refractivity contribution is -0.143. The zero-order valence-electron chi connectivity index (χ0n) is 10.9. The quantitative estimate of drug-likeness (QED) is 0.413. The third kappa shape index (κ3) is 9.54. The van der Waals surface area contributed by atoms with Gasteiger partial charge in [-0.05, 0) is 7.05 Å². The Morgan fingerprint density at radius 3 is 1.85 bits per heavy atom. The van der Waals surface area contributed by atoms with Gasteiger partial charge in [-0.2, -0.15) is 0 Å². The molecule has 1 atom stereocenters. The summed E-state index contributed by atoms with van der Waals surface area (Å²) in [5.41, 5.74) is 0. The molecule has 20 heavy (non-hydrogen) atoms. The summed E-state index contributed by atoms with van der Waals surface area (Å²) in [4.78, 5) is 42.4. The molecule has 0 aromatic carbocycles. The van der Waals surface area contributed by atoms with E-state index >= 15 is 0 Å². The van der Waals surface area contributed by atoms with E-state index in [9.17, 15) is 19.2 Å². The highest BCUT2D eigenvalue weighted by Crippen LogP contribution is 1.88. The number of nitrogens with one attached hydrogen (secondary N) is 1. The van der Waals surface area contributed by atoms with Gasteiger partial charge in [-0.1, -0.05) is 0 Å². The highest BCUT2D eigenvalue weighted by molar-refractivity contribution is 6.30. The number of carbonyl (C=O) groups excluding carboxylic acids is 2. The number of hydrogen-bond donors (Lipinski definition) is 3. The molecule has 0 saturated heterocycles. The number of likely N-dealkylation sites (N-methyl/N-ethyl adjacent to an activating group) is 2. The van der Waals surface area contributed by atoms with Crippen LogP contribution in [-0.2, 0) is 19.2 Å². The summed E-state index contributed by atoms with van der Waals surface area (Å²) >= 11 is 10.3. The smallest absolute Gasteiger partial charge is 0.328 e. The van der Waals surface area contributed by atoms with Gasteiger partial charge in [0.05, 0.1) is 5.88 Å². The number of halogens is 2. The molecule has 0 bridgehead atoms. The summed E-state index contributed by atoms with van der Waals surface area (Å²) in [7, 11) is 2.78. The maximum absolute atomic E-state index is 10.6. The Morgan fingerprint density at radius 1 is 1.15 bits per heavy atom. The van der Waals surface area contributed by atoms with Gasteiger partial charge >= 0.3 is 11.9 Å². The number of amides is 1. The lowest BCUT2D eigenvalue weighted by Crippen LogP contribution is -2.41. The van der Waals surface area contributed by atoms with E-state index in [1.807, 2.05) is 0 Å². The first kappa shape index (κ1) is 20.9. The van der Waals surface area contributed by atoms with E-state index < -0.39 is 23.8 Å². The molecule has 0 aromatic heterocycles. The lowest BCUT2D eigenvalue weighted by atomic mass is 10.2. The Morgan fingerprint density at radius 2 is 1.65 bits per heavy atom. The molecule has 0 aliphatic carbocycles. The molecule has 3 N–H and O–H groups in total. The summed E-state index contributed by atoms with van der Waals surface area (Å²) < 4.78 is 0. The van der Waals surface area contributed by atoms with Crippen molar-refractivity contribution >= 4 is 46.8 Å². The van der Waals surface area contributed by atoms with Crippen LogP contribution in [0, 0.1) is 0 Å². The van der Waals surface area contributed by atoms with E-state index in [2.05, 4.69) is 5.32 Å². The van der Waals surface area contributed by atoms with Crippen molar-refractivity contribution in [3.05, 3.63) is 0 Å². The zero-order valence-corrected chi connectivity index (χ0v) is 12.4. The summed E-state index contributed by atoms with van der Waals surface area (Å²) in [6.45, 7) is -0.300. The second kappa shape index (κ2) is 11.4. The first-order valence-electron chi connectivity index (χ1n) is 5.21. The minimum Gasteiger partial charge on any atom is -0.480 e. The largest absolute Gasteiger partial charge is 0.480 e. The first-order valence-corrected chi connectivity index (χ1v) is 6.28. The molecule has 0 spiro atoms. The lowest BCUT2D eigenvalue weighted by Gasteiger charge is -2.11. The van der Waals surface area contributed by atoms with Gasteiger partial charge in [0.25, 0.3) is 0 Å². The van der Waals surface area contributed by atoms with Crippen LogP contribution in [0.15, 0.2) is 0 Å². The molecule has 0 unspecified atom stereocenters. The SMILES string of the molecule is CN(CC(=O)O)C(=O)CCl.CN[C@H](C(=O)O)C(=O)CCl. The molecule has 116 valence electrons. The summed E-state index contributed by atoms with van der Waals surface area (Å²) in [6.07, 6.45) is 0. The summed E-state index contributed by atoms with van der Waals surface area (Å²) in [5, 5.41) is 18.8. The molecule has 1 amide bonds. The third-order valence-electron chi connectivity index (χ3n) is 1.90. The molecule has 0 fully saturated rings. The van der Waals surface area contributed by atoms with Crippen molar-refractivity contribution in [2.45, 2.75) is 6.04 Å². The Bertz CT molecular complexity index is 364. The number of aliphatic carboxylic acids is 2. The van der Waals surface area contributed by atoms with Crippen LogP contribution in [0.3, 0.4) is 0 Å². The van der Waals surface area contributed by atoms with Gasteiger partial charge in [0.15, 0.2) is 11.8 Å². The third-order valence-corrected chi connectivity index (χ3v) is 2.39. The normalized spacial score (nSPS) is 10.8. The van der Waals surface area contributed by atoms with Crippen LogP contribution in [0.25, 0.3) is 0 Å². The Balaban J connectivity index is 0. The van der Waals surface area contributed by atoms with Crippen LogP contribution in [-0.4, -0.2) is 77.2 Å². The van der Waals surface area contributed by atoms with E-state index in [1.165, 1.54) is 14.1 Å². The van der Waals surface area contributed by atoms with Crippen LogP contribution in [0.5, 0.6) is 0 Å². The number of ketones is 1. The Kier molecular flexibility index (Phi) is 12.0. The van der Waals surface area contributed by atoms with E-state index in [4.69, 9.17) is 33.4 Å². The van der Waals surface area contributed by atoms with Gasteiger partial charge in [0.1, 0.15) is 12.4 Å². The van der Waals surface area contributed by atoms with Gasteiger partial charge in [0, 0.05) is 7.05 Å². The predicted octanol–water partition coefficient (Wildman–Crippen LogP) is -0.765. The van der Waals surface area contributed by atoms with E-state index in [-0.39, 0.29) is 24.2 Å². The van der Waals surface area contributed by atoms with Crippen molar-refractivity contribution in [3.8, 4) is 0 Å². The minimum atomic E-state index is -1.20. The van der Waals surface area contributed by atoms with Gasteiger partial charge in [-0.15, -0.1) is 23.2 Å².